The Balaban J connectivity index is 1.64. The molecular formula is C18H23NO3. The lowest BCUT2D eigenvalue weighted by Gasteiger charge is -2.34. The second kappa shape index (κ2) is 4.98. The number of amides is 1. The number of carbonyl (C=O) groups excluding carboxylic acids is 1. The molecule has 4 nitrogen and oxygen atoms in total. The third kappa shape index (κ3) is 1.83. The average molecular weight is 301 g/mol. The Hall–Kier alpha value is -1.55. The van der Waals surface area contributed by atoms with E-state index >= 15 is 0 Å². The zero-order valence-electron chi connectivity index (χ0n) is 13.0. The molecule has 0 radical (unpaired) electrons. The summed E-state index contributed by atoms with van der Waals surface area (Å²) in [5.41, 5.74) is 1.82. The number of rotatable bonds is 3. The van der Waals surface area contributed by atoms with E-state index in [-0.39, 0.29) is 24.0 Å². The van der Waals surface area contributed by atoms with Crippen LogP contribution in [0.1, 0.15) is 48.5 Å². The first-order valence-corrected chi connectivity index (χ1v) is 8.38. The minimum Gasteiger partial charge on any atom is -0.493 e. The average Bonchev–Trinajstić information content (AvgIpc) is 3.26. The highest BCUT2D eigenvalue weighted by Crippen LogP contribution is 2.51. The number of nitrogens with zero attached hydrogens (tertiary/aromatic N) is 1. The fourth-order valence-corrected chi connectivity index (χ4v) is 4.73. The number of hydrogen-bond acceptors (Lipinski definition) is 3. The normalized spacial score (nSPS) is 32.2. The third-order valence-corrected chi connectivity index (χ3v) is 6.04. The van der Waals surface area contributed by atoms with Gasteiger partial charge in [-0.15, -0.1) is 0 Å². The summed E-state index contributed by atoms with van der Waals surface area (Å²) in [5.74, 6) is 1.05. The number of aliphatic hydroxyl groups is 1. The topological polar surface area (TPSA) is 49.8 Å². The Morgan fingerprint density at radius 1 is 1.45 bits per heavy atom. The Kier molecular flexibility index (Phi) is 3.19. The molecule has 2 saturated heterocycles. The largest absolute Gasteiger partial charge is 0.493 e. The van der Waals surface area contributed by atoms with Crippen molar-refractivity contribution in [3.63, 3.8) is 0 Å². The molecule has 2 fully saturated rings. The Morgan fingerprint density at radius 2 is 2.32 bits per heavy atom. The monoisotopic (exact) mass is 301 g/mol. The second-order valence-corrected chi connectivity index (χ2v) is 6.96. The van der Waals surface area contributed by atoms with Crippen LogP contribution in [0.15, 0.2) is 18.2 Å². The van der Waals surface area contributed by atoms with Gasteiger partial charge in [-0.3, -0.25) is 4.79 Å². The fourth-order valence-electron chi connectivity index (χ4n) is 4.73. The Labute approximate surface area is 131 Å². The van der Waals surface area contributed by atoms with E-state index in [4.69, 9.17) is 4.74 Å². The first kappa shape index (κ1) is 14.1. The quantitative estimate of drug-likeness (QED) is 0.932. The van der Waals surface area contributed by atoms with E-state index in [1.165, 1.54) is 0 Å². The molecule has 0 unspecified atom stereocenters. The molecule has 1 aromatic rings. The lowest BCUT2D eigenvalue weighted by molar-refractivity contribution is 0.0557. The van der Waals surface area contributed by atoms with Gasteiger partial charge in [0, 0.05) is 29.5 Å². The van der Waals surface area contributed by atoms with Crippen LogP contribution < -0.4 is 4.74 Å². The maximum absolute atomic E-state index is 13.0. The van der Waals surface area contributed by atoms with E-state index in [2.05, 4.69) is 11.8 Å². The van der Waals surface area contributed by atoms with Gasteiger partial charge in [-0.05, 0) is 49.4 Å². The smallest absolute Gasteiger partial charge is 0.254 e. The van der Waals surface area contributed by atoms with Crippen LogP contribution in [-0.4, -0.2) is 41.2 Å². The maximum atomic E-state index is 13.0. The summed E-state index contributed by atoms with van der Waals surface area (Å²) < 4.78 is 5.52. The van der Waals surface area contributed by atoms with Crippen LogP contribution in [-0.2, 0) is 6.42 Å². The van der Waals surface area contributed by atoms with Crippen molar-refractivity contribution in [3.8, 4) is 5.75 Å². The number of ether oxygens (including phenoxy) is 1. The van der Waals surface area contributed by atoms with Gasteiger partial charge in [-0.1, -0.05) is 6.92 Å². The van der Waals surface area contributed by atoms with E-state index in [0.717, 1.165) is 49.0 Å². The molecule has 0 saturated carbocycles. The van der Waals surface area contributed by atoms with Crippen LogP contribution in [0.25, 0.3) is 0 Å². The van der Waals surface area contributed by atoms with E-state index in [1.807, 2.05) is 18.2 Å². The zero-order chi connectivity index (χ0) is 15.3. The van der Waals surface area contributed by atoms with Crippen molar-refractivity contribution in [2.45, 2.75) is 51.1 Å². The van der Waals surface area contributed by atoms with Crippen molar-refractivity contribution in [3.05, 3.63) is 29.3 Å². The predicted molar refractivity (Wildman–Crippen MR) is 83.0 cm³/mol. The highest BCUT2D eigenvalue weighted by molar-refractivity contribution is 5.95. The summed E-state index contributed by atoms with van der Waals surface area (Å²) in [4.78, 5) is 15.1. The zero-order valence-corrected chi connectivity index (χ0v) is 13.0. The van der Waals surface area contributed by atoms with Gasteiger partial charge < -0.3 is 14.7 Å². The molecule has 118 valence electrons. The molecule has 4 heteroatoms. The molecule has 1 N–H and O–H groups in total. The van der Waals surface area contributed by atoms with Gasteiger partial charge >= 0.3 is 0 Å². The van der Waals surface area contributed by atoms with Gasteiger partial charge in [0.25, 0.3) is 5.91 Å². The van der Waals surface area contributed by atoms with Crippen molar-refractivity contribution in [1.29, 1.82) is 0 Å². The summed E-state index contributed by atoms with van der Waals surface area (Å²) >= 11 is 0. The van der Waals surface area contributed by atoms with Gasteiger partial charge in [0.1, 0.15) is 5.75 Å². The first-order valence-electron chi connectivity index (χ1n) is 8.38. The Bertz CT molecular complexity index is 608. The van der Waals surface area contributed by atoms with Crippen molar-refractivity contribution < 1.29 is 14.6 Å². The van der Waals surface area contributed by atoms with Crippen LogP contribution in [0.3, 0.4) is 0 Å². The molecule has 0 spiro atoms. The summed E-state index contributed by atoms with van der Waals surface area (Å²) in [6.07, 6.45) is 4.88. The van der Waals surface area contributed by atoms with E-state index in [9.17, 15) is 9.90 Å². The number of aliphatic hydroxyl groups excluding tert-OH is 1. The van der Waals surface area contributed by atoms with Gasteiger partial charge in [0.2, 0.25) is 0 Å². The van der Waals surface area contributed by atoms with Crippen molar-refractivity contribution in [2.24, 2.45) is 5.41 Å². The van der Waals surface area contributed by atoms with E-state index in [0.29, 0.717) is 12.6 Å². The lowest BCUT2D eigenvalue weighted by Crippen LogP contribution is -2.42. The molecule has 4 rings (SSSR count). The molecule has 3 atom stereocenters. The molecule has 3 aliphatic rings. The minimum absolute atomic E-state index is 0.0849. The van der Waals surface area contributed by atoms with Gasteiger partial charge in [-0.25, -0.2) is 0 Å². The standard InChI is InChI=1S/C18H23NO3/c1-2-18(11-20)10-14-4-6-16(18)19(14)17(21)13-3-5-15-12(9-13)7-8-22-15/h3,5,9,14,16,20H,2,4,6-8,10-11H2,1H3/t14-,16+,18-/m0/s1. The van der Waals surface area contributed by atoms with Crippen molar-refractivity contribution >= 4 is 5.91 Å². The summed E-state index contributed by atoms with van der Waals surface area (Å²) in [5, 5.41) is 9.88. The molecule has 22 heavy (non-hydrogen) atoms. The first-order chi connectivity index (χ1) is 10.7. The van der Waals surface area contributed by atoms with Crippen LogP contribution in [0, 0.1) is 5.41 Å². The highest BCUT2D eigenvalue weighted by Gasteiger charge is 2.56. The highest BCUT2D eigenvalue weighted by atomic mass is 16.5. The van der Waals surface area contributed by atoms with Crippen LogP contribution >= 0.6 is 0 Å². The number of carbonyl (C=O) groups is 1. The fraction of sp³-hybridized carbons (Fsp3) is 0.611. The molecule has 3 heterocycles. The summed E-state index contributed by atoms with van der Waals surface area (Å²) in [6.45, 7) is 3.03. The molecule has 0 aromatic heterocycles. The van der Waals surface area contributed by atoms with Crippen molar-refractivity contribution in [1.82, 2.24) is 4.90 Å². The van der Waals surface area contributed by atoms with E-state index < -0.39 is 0 Å². The van der Waals surface area contributed by atoms with Crippen LogP contribution in [0.2, 0.25) is 0 Å². The molecular weight excluding hydrogens is 278 g/mol. The lowest BCUT2D eigenvalue weighted by atomic mass is 9.72. The maximum Gasteiger partial charge on any atom is 0.254 e. The number of hydrogen-bond donors (Lipinski definition) is 1. The SMILES string of the molecule is CC[C@@]1(CO)C[C@@H]2CC[C@H]1N2C(=O)c1ccc2c(c1)CCO2. The summed E-state index contributed by atoms with van der Waals surface area (Å²) in [6, 6.07) is 6.30. The van der Waals surface area contributed by atoms with Crippen LogP contribution in [0.5, 0.6) is 5.75 Å². The minimum atomic E-state index is -0.0849. The van der Waals surface area contributed by atoms with E-state index in [1.54, 1.807) is 0 Å². The van der Waals surface area contributed by atoms with Crippen LogP contribution in [0.4, 0.5) is 0 Å². The van der Waals surface area contributed by atoms with Gasteiger partial charge in [0.15, 0.2) is 0 Å². The molecule has 1 aromatic carbocycles. The third-order valence-electron chi connectivity index (χ3n) is 6.04. The predicted octanol–water partition coefficient (Wildman–Crippen LogP) is 2.39. The molecule has 1 amide bonds. The molecule has 2 bridgehead atoms. The second-order valence-electron chi connectivity index (χ2n) is 6.96. The molecule has 0 aliphatic carbocycles. The van der Waals surface area contributed by atoms with Gasteiger partial charge in [-0.2, -0.15) is 0 Å². The molecule has 3 aliphatic heterocycles. The summed E-state index contributed by atoms with van der Waals surface area (Å²) in [7, 11) is 0. The van der Waals surface area contributed by atoms with Crippen molar-refractivity contribution in [2.75, 3.05) is 13.2 Å². The van der Waals surface area contributed by atoms with Gasteiger partial charge in [0.05, 0.1) is 13.2 Å². The number of benzene rings is 1. The Morgan fingerprint density at radius 3 is 3.05 bits per heavy atom. The number of fused-ring (bicyclic) bond motifs is 3.